The highest BCUT2D eigenvalue weighted by Crippen LogP contribution is 2.13. The molecule has 0 saturated heterocycles. The first-order valence-electron chi connectivity index (χ1n) is 6.38. The molecule has 0 aliphatic rings. The monoisotopic (exact) mass is 270 g/mol. The molecule has 1 aromatic carbocycles. The molecule has 0 heterocycles. The molecule has 2 N–H and O–H groups in total. The Morgan fingerprint density at radius 2 is 1.84 bits per heavy atom. The Hall–Kier alpha value is -1.01. The Labute approximate surface area is 114 Å². The zero-order chi connectivity index (χ0) is 14.1. The second-order valence-electron chi connectivity index (χ2n) is 4.45. The number of methoxy groups -OCH3 is 2. The number of nitrogens with two attached hydrogens (primary N) is 1. The van der Waals surface area contributed by atoms with E-state index in [4.69, 9.17) is 15.2 Å². The van der Waals surface area contributed by atoms with E-state index in [0.29, 0.717) is 19.8 Å². The van der Waals surface area contributed by atoms with Crippen LogP contribution in [0.1, 0.15) is 11.6 Å². The number of ether oxygens (including phenoxy) is 2. The second kappa shape index (κ2) is 8.98. The van der Waals surface area contributed by atoms with E-state index in [1.165, 1.54) is 12.1 Å². The van der Waals surface area contributed by atoms with Crippen molar-refractivity contribution in [2.24, 2.45) is 5.73 Å². The Morgan fingerprint density at radius 1 is 1.21 bits per heavy atom. The van der Waals surface area contributed by atoms with Crippen molar-refractivity contribution in [3.8, 4) is 0 Å². The standard InChI is InChI=1S/C14H23FN2O2/c1-18-8-6-17(7-9-19-2)11-14(16)12-4-3-5-13(15)10-12/h3-5,10,14H,6-9,11,16H2,1-2H3. The minimum atomic E-state index is -0.256. The van der Waals surface area contributed by atoms with Crippen LogP contribution in [0, 0.1) is 5.82 Å². The molecule has 0 bridgehead atoms. The van der Waals surface area contributed by atoms with E-state index in [0.717, 1.165) is 18.7 Å². The minimum Gasteiger partial charge on any atom is -0.383 e. The number of hydrogen-bond acceptors (Lipinski definition) is 4. The molecular weight excluding hydrogens is 247 g/mol. The van der Waals surface area contributed by atoms with Gasteiger partial charge in [0.15, 0.2) is 0 Å². The highest BCUT2D eigenvalue weighted by Gasteiger charge is 2.12. The van der Waals surface area contributed by atoms with Crippen molar-refractivity contribution in [1.82, 2.24) is 4.90 Å². The van der Waals surface area contributed by atoms with Crippen LogP contribution >= 0.6 is 0 Å². The van der Waals surface area contributed by atoms with Crippen LogP contribution in [0.3, 0.4) is 0 Å². The van der Waals surface area contributed by atoms with E-state index in [9.17, 15) is 4.39 Å². The SMILES string of the molecule is COCCN(CCOC)CC(N)c1cccc(F)c1. The van der Waals surface area contributed by atoms with Crippen molar-refractivity contribution in [3.63, 3.8) is 0 Å². The molecule has 1 unspecified atom stereocenters. The molecule has 1 rings (SSSR count). The summed E-state index contributed by atoms with van der Waals surface area (Å²) in [7, 11) is 3.34. The van der Waals surface area contributed by atoms with Gasteiger partial charge >= 0.3 is 0 Å². The number of hydrogen-bond donors (Lipinski definition) is 1. The lowest BCUT2D eigenvalue weighted by molar-refractivity contribution is 0.110. The Morgan fingerprint density at radius 3 is 2.37 bits per heavy atom. The Kier molecular flexibility index (Phi) is 7.59. The first-order valence-corrected chi connectivity index (χ1v) is 6.38. The fourth-order valence-corrected chi connectivity index (χ4v) is 1.86. The molecule has 1 aromatic rings. The predicted octanol–water partition coefficient (Wildman–Crippen LogP) is 1.42. The lowest BCUT2D eigenvalue weighted by Gasteiger charge is -2.25. The summed E-state index contributed by atoms with van der Waals surface area (Å²) < 4.78 is 23.3. The maximum atomic E-state index is 13.2. The summed E-state index contributed by atoms with van der Waals surface area (Å²) in [5, 5.41) is 0. The van der Waals surface area contributed by atoms with E-state index >= 15 is 0 Å². The van der Waals surface area contributed by atoms with Crippen molar-refractivity contribution < 1.29 is 13.9 Å². The highest BCUT2D eigenvalue weighted by atomic mass is 19.1. The molecule has 19 heavy (non-hydrogen) atoms. The summed E-state index contributed by atoms with van der Waals surface area (Å²) in [5.41, 5.74) is 6.92. The third-order valence-corrected chi connectivity index (χ3v) is 2.95. The summed E-state index contributed by atoms with van der Waals surface area (Å²) in [6.07, 6.45) is 0. The number of nitrogens with zero attached hydrogens (tertiary/aromatic N) is 1. The van der Waals surface area contributed by atoms with Crippen LogP contribution in [0.4, 0.5) is 4.39 Å². The summed E-state index contributed by atoms with van der Waals surface area (Å²) in [5.74, 6) is -0.256. The van der Waals surface area contributed by atoms with Gasteiger partial charge in [0.1, 0.15) is 5.82 Å². The van der Waals surface area contributed by atoms with Crippen LogP contribution < -0.4 is 5.73 Å². The normalized spacial score (nSPS) is 12.9. The molecule has 108 valence electrons. The molecule has 4 nitrogen and oxygen atoms in total. The quantitative estimate of drug-likeness (QED) is 0.737. The summed E-state index contributed by atoms with van der Waals surface area (Å²) in [4.78, 5) is 2.16. The van der Waals surface area contributed by atoms with Crippen molar-refractivity contribution >= 4 is 0 Å². The van der Waals surface area contributed by atoms with E-state index < -0.39 is 0 Å². The maximum absolute atomic E-state index is 13.2. The van der Waals surface area contributed by atoms with Gasteiger partial charge in [-0.05, 0) is 17.7 Å². The van der Waals surface area contributed by atoms with E-state index in [-0.39, 0.29) is 11.9 Å². The van der Waals surface area contributed by atoms with Crippen LogP contribution in [0.25, 0.3) is 0 Å². The molecule has 0 spiro atoms. The topological polar surface area (TPSA) is 47.7 Å². The lowest BCUT2D eigenvalue weighted by Crippen LogP contribution is -2.36. The van der Waals surface area contributed by atoms with Gasteiger partial charge in [-0.25, -0.2) is 4.39 Å². The number of halogens is 1. The molecule has 0 amide bonds. The van der Waals surface area contributed by atoms with Crippen molar-refractivity contribution in [1.29, 1.82) is 0 Å². The fourth-order valence-electron chi connectivity index (χ4n) is 1.86. The van der Waals surface area contributed by atoms with Crippen LogP contribution in [-0.2, 0) is 9.47 Å². The molecule has 1 atom stereocenters. The average Bonchev–Trinajstić information content (AvgIpc) is 2.41. The first kappa shape index (κ1) is 16.0. The Bertz CT molecular complexity index is 355. The predicted molar refractivity (Wildman–Crippen MR) is 73.5 cm³/mol. The van der Waals surface area contributed by atoms with Gasteiger partial charge in [0.25, 0.3) is 0 Å². The minimum absolute atomic E-state index is 0.218. The molecule has 0 aliphatic heterocycles. The number of benzene rings is 1. The fraction of sp³-hybridized carbons (Fsp3) is 0.571. The van der Waals surface area contributed by atoms with Gasteiger partial charge in [0.05, 0.1) is 13.2 Å². The summed E-state index contributed by atoms with van der Waals surface area (Å²) in [6, 6.07) is 6.21. The van der Waals surface area contributed by atoms with Crippen molar-refractivity contribution in [2.75, 3.05) is 47.1 Å². The molecule has 0 radical (unpaired) electrons. The van der Waals surface area contributed by atoms with Crippen molar-refractivity contribution in [2.45, 2.75) is 6.04 Å². The van der Waals surface area contributed by atoms with Gasteiger partial charge in [-0.3, -0.25) is 4.90 Å². The smallest absolute Gasteiger partial charge is 0.123 e. The zero-order valence-corrected chi connectivity index (χ0v) is 11.6. The largest absolute Gasteiger partial charge is 0.383 e. The van der Waals surface area contributed by atoms with Gasteiger partial charge in [-0.1, -0.05) is 12.1 Å². The van der Waals surface area contributed by atoms with E-state index in [2.05, 4.69) is 4.90 Å². The highest BCUT2D eigenvalue weighted by molar-refractivity contribution is 5.20. The van der Waals surface area contributed by atoms with Gasteiger partial charge < -0.3 is 15.2 Å². The van der Waals surface area contributed by atoms with Crippen molar-refractivity contribution in [3.05, 3.63) is 35.6 Å². The third kappa shape index (κ3) is 6.11. The van der Waals surface area contributed by atoms with Gasteiger partial charge in [0, 0.05) is 39.9 Å². The van der Waals surface area contributed by atoms with Crippen LogP contribution in [0.15, 0.2) is 24.3 Å². The van der Waals surface area contributed by atoms with Crippen LogP contribution in [0.5, 0.6) is 0 Å². The molecule has 0 fully saturated rings. The Balaban J connectivity index is 2.56. The van der Waals surface area contributed by atoms with Crippen LogP contribution in [0.2, 0.25) is 0 Å². The van der Waals surface area contributed by atoms with E-state index in [1.807, 2.05) is 6.07 Å². The lowest BCUT2D eigenvalue weighted by atomic mass is 10.1. The zero-order valence-electron chi connectivity index (χ0n) is 11.6. The number of rotatable bonds is 9. The molecule has 0 aromatic heterocycles. The first-order chi connectivity index (χ1) is 9.17. The molecular formula is C14H23FN2O2. The van der Waals surface area contributed by atoms with E-state index in [1.54, 1.807) is 20.3 Å². The summed E-state index contributed by atoms with van der Waals surface area (Å²) in [6.45, 7) is 3.49. The average molecular weight is 270 g/mol. The summed E-state index contributed by atoms with van der Waals surface area (Å²) >= 11 is 0. The second-order valence-corrected chi connectivity index (χ2v) is 4.45. The molecule has 0 aliphatic carbocycles. The molecule has 5 heteroatoms. The maximum Gasteiger partial charge on any atom is 0.123 e. The van der Waals surface area contributed by atoms with Gasteiger partial charge in [-0.15, -0.1) is 0 Å². The molecule has 0 saturated carbocycles. The van der Waals surface area contributed by atoms with Gasteiger partial charge in [-0.2, -0.15) is 0 Å². The third-order valence-electron chi connectivity index (χ3n) is 2.95. The van der Waals surface area contributed by atoms with Crippen LogP contribution in [-0.4, -0.2) is 52.0 Å². The van der Waals surface area contributed by atoms with Gasteiger partial charge in [0.2, 0.25) is 0 Å².